The molecule has 0 aliphatic carbocycles. The molecule has 20 heavy (non-hydrogen) atoms. The molecule has 118 valence electrons. The van der Waals surface area contributed by atoms with Gasteiger partial charge in [-0.25, -0.2) is 0 Å². The Kier molecular flexibility index (Phi) is 7.30. The first kappa shape index (κ1) is 17.2. The molecule has 0 N–H and O–H groups in total. The Morgan fingerprint density at radius 2 is 0.800 bits per heavy atom. The number of hydrogen-bond donors (Lipinski definition) is 0. The quantitative estimate of drug-likeness (QED) is 0.461. The highest BCUT2D eigenvalue weighted by Gasteiger charge is 2.37. The van der Waals surface area contributed by atoms with Crippen LogP contribution in [0.15, 0.2) is 0 Å². The van der Waals surface area contributed by atoms with E-state index >= 15 is 0 Å². The van der Waals surface area contributed by atoms with E-state index in [1.165, 1.54) is 25.7 Å². The van der Waals surface area contributed by atoms with Gasteiger partial charge >= 0.3 is 0 Å². The normalized spacial score (nSPS) is 36.0. The van der Waals surface area contributed by atoms with Crippen LogP contribution in [0.2, 0.25) is 0 Å². The molecule has 2 rings (SSSR count). The van der Waals surface area contributed by atoms with Gasteiger partial charge in [0.05, 0.1) is 0 Å². The zero-order valence-corrected chi connectivity index (χ0v) is 16.1. The zero-order valence-electron chi connectivity index (χ0n) is 14.3. The van der Waals surface area contributed by atoms with E-state index in [4.69, 9.17) is 0 Å². The van der Waals surface area contributed by atoms with Crippen molar-refractivity contribution in [3.05, 3.63) is 0 Å². The van der Waals surface area contributed by atoms with Gasteiger partial charge in [-0.15, -0.1) is 15.8 Å². The molecular weight excluding hydrogens is 278 g/mol. The summed E-state index contributed by atoms with van der Waals surface area (Å²) in [5.74, 6) is 0. The van der Waals surface area contributed by atoms with E-state index < -0.39 is 0 Å². The molecule has 0 unspecified atom stereocenters. The van der Waals surface area contributed by atoms with Crippen molar-refractivity contribution in [3.63, 3.8) is 0 Å². The summed E-state index contributed by atoms with van der Waals surface area (Å²) in [6, 6.07) is 0. The minimum Gasteiger partial charge on any atom is -0.100 e. The lowest BCUT2D eigenvalue weighted by Gasteiger charge is -2.30. The summed E-state index contributed by atoms with van der Waals surface area (Å²) >= 11 is 0. The van der Waals surface area contributed by atoms with Crippen molar-refractivity contribution < 1.29 is 0 Å². The lowest BCUT2D eigenvalue weighted by atomic mass is 10.1. The second-order valence-electron chi connectivity index (χ2n) is 6.88. The topological polar surface area (TPSA) is 0 Å². The van der Waals surface area contributed by atoms with Gasteiger partial charge in [-0.3, -0.25) is 0 Å². The van der Waals surface area contributed by atoms with E-state index in [-0.39, 0.29) is 0 Å². The average Bonchev–Trinajstić information content (AvgIpc) is 3.07. The van der Waals surface area contributed by atoms with Crippen molar-refractivity contribution in [3.8, 4) is 0 Å². The summed E-state index contributed by atoms with van der Waals surface area (Å²) in [5.41, 5.74) is 4.53. The third-order valence-electron chi connectivity index (χ3n) is 6.04. The maximum atomic E-state index is 2.45. The maximum absolute atomic E-state index is 2.45. The van der Waals surface area contributed by atoms with E-state index in [2.05, 4.69) is 27.7 Å². The Morgan fingerprint density at radius 3 is 1.00 bits per heavy atom. The molecule has 2 aliphatic rings. The van der Waals surface area contributed by atoms with Crippen LogP contribution in [0.3, 0.4) is 0 Å². The molecule has 0 spiro atoms. The van der Waals surface area contributed by atoms with Gasteiger partial charge in [-0.05, 0) is 86.3 Å². The Labute approximate surface area is 130 Å². The van der Waals surface area contributed by atoms with Gasteiger partial charge in [-0.1, -0.05) is 27.7 Å². The van der Waals surface area contributed by atoms with E-state index in [0.29, 0.717) is 15.8 Å². The van der Waals surface area contributed by atoms with Gasteiger partial charge in [0, 0.05) is 0 Å². The zero-order chi connectivity index (χ0) is 14.5. The minimum absolute atomic E-state index is 0.380. The van der Waals surface area contributed by atoms with Gasteiger partial charge in [0.15, 0.2) is 0 Å². The van der Waals surface area contributed by atoms with E-state index in [9.17, 15) is 0 Å². The van der Waals surface area contributed by atoms with Crippen LogP contribution in [0, 0.1) is 0 Å². The third-order valence-corrected chi connectivity index (χ3v) is 14.1. The Hall–Kier alpha value is 0.860. The van der Waals surface area contributed by atoms with Gasteiger partial charge in [0.2, 0.25) is 0 Å². The molecule has 0 aromatic carbocycles. The third kappa shape index (κ3) is 3.79. The second-order valence-corrected chi connectivity index (χ2v) is 12.8. The predicted octanol–water partition coefficient (Wildman–Crippen LogP) is 6.65. The molecule has 0 nitrogen and oxygen atoms in total. The molecule has 2 aliphatic heterocycles. The van der Waals surface area contributed by atoms with Crippen molar-refractivity contribution in [2.24, 2.45) is 0 Å². The summed E-state index contributed by atoms with van der Waals surface area (Å²) in [6.45, 7) is 9.79. The minimum atomic E-state index is 0.380. The van der Waals surface area contributed by atoms with Crippen LogP contribution >= 0.6 is 15.8 Å². The standard InChI is InChI=1S/C18H36P2/c1-5-15-9-10-16(6-2)19(15)13-14-20-17(7-3)11-12-18(20)8-4/h15-18H,5-14H2,1-4H3/t15-,16-,17-,18-/m0/s1. The van der Waals surface area contributed by atoms with E-state index in [0.717, 1.165) is 22.6 Å². The predicted molar refractivity (Wildman–Crippen MR) is 98.4 cm³/mol. The average molecular weight is 314 g/mol. The molecule has 0 radical (unpaired) electrons. The second kappa shape index (κ2) is 8.48. The van der Waals surface area contributed by atoms with Crippen LogP contribution in [0.4, 0.5) is 0 Å². The molecule has 2 saturated heterocycles. The lowest BCUT2D eigenvalue weighted by molar-refractivity contribution is 0.696. The fourth-order valence-corrected chi connectivity index (χ4v) is 13.0. The highest BCUT2D eigenvalue weighted by molar-refractivity contribution is 7.63. The molecule has 2 heteroatoms. The fraction of sp³-hybridized carbons (Fsp3) is 1.00. The van der Waals surface area contributed by atoms with Crippen molar-refractivity contribution in [1.82, 2.24) is 0 Å². The van der Waals surface area contributed by atoms with Crippen LogP contribution in [0.1, 0.15) is 79.1 Å². The summed E-state index contributed by atoms with van der Waals surface area (Å²) in [7, 11) is 0.759. The largest absolute Gasteiger partial charge is 0.100 e. The van der Waals surface area contributed by atoms with Gasteiger partial charge in [0.1, 0.15) is 0 Å². The summed E-state index contributed by atoms with van der Waals surface area (Å²) < 4.78 is 0. The first-order valence-corrected chi connectivity index (χ1v) is 12.6. The Bertz CT molecular complexity index is 227. The molecule has 0 bridgehead atoms. The van der Waals surface area contributed by atoms with Crippen molar-refractivity contribution in [2.45, 2.75) is 102 Å². The summed E-state index contributed by atoms with van der Waals surface area (Å²) in [4.78, 5) is 0. The van der Waals surface area contributed by atoms with Gasteiger partial charge < -0.3 is 0 Å². The first-order chi connectivity index (χ1) is 9.74. The molecule has 2 fully saturated rings. The molecule has 0 amide bonds. The van der Waals surface area contributed by atoms with E-state index in [1.807, 2.05) is 0 Å². The van der Waals surface area contributed by atoms with Crippen molar-refractivity contribution in [1.29, 1.82) is 0 Å². The number of hydrogen-bond acceptors (Lipinski definition) is 0. The molecular formula is C18H36P2. The van der Waals surface area contributed by atoms with Crippen LogP contribution in [0.5, 0.6) is 0 Å². The summed E-state index contributed by atoms with van der Waals surface area (Å²) in [6.07, 6.45) is 15.4. The smallest absolute Gasteiger partial charge is 0.0209 e. The van der Waals surface area contributed by atoms with Crippen molar-refractivity contribution >= 4 is 15.8 Å². The van der Waals surface area contributed by atoms with Crippen LogP contribution in [-0.2, 0) is 0 Å². The number of rotatable bonds is 7. The highest BCUT2D eigenvalue weighted by atomic mass is 31.1. The lowest BCUT2D eigenvalue weighted by Crippen LogP contribution is -2.12. The molecule has 0 aromatic rings. The Balaban J connectivity index is 1.91. The molecule has 4 atom stereocenters. The molecule has 0 aromatic heterocycles. The highest BCUT2D eigenvalue weighted by Crippen LogP contribution is 2.63. The van der Waals surface area contributed by atoms with Crippen LogP contribution < -0.4 is 0 Å². The summed E-state index contributed by atoms with van der Waals surface area (Å²) in [5, 5.41) is 0. The Morgan fingerprint density at radius 1 is 0.550 bits per heavy atom. The van der Waals surface area contributed by atoms with Crippen molar-refractivity contribution in [2.75, 3.05) is 12.3 Å². The maximum Gasteiger partial charge on any atom is -0.0209 e. The molecule has 0 saturated carbocycles. The van der Waals surface area contributed by atoms with Crippen LogP contribution in [-0.4, -0.2) is 35.0 Å². The van der Waals surface area contributed by atoms with E-state index in [1.54, 1.807) is 38.0 Å². The molecule has 2 heterocycles. The fourth-order valence-electron chi connectivity index (χ4n) is 4.74. The monoisotopic (exact) mass is 314 g/mol. The SMILES string of the molecule is CC[C@H]1CC[C@H](CC)P1CCP1[C@@H](CC)CC[C@@H]1CC. The first-order valence-electron chi connectivity index (χ1n) is 9.26. The van der Waals surface area contributed by atoms with Crippen LogP contribution in [0.25, 0.3) is 0 Å². The van der Waals surface area contributed by atoms with Gasteiger partial charge in [-0.2, -0.15) is 0 Å². The van der Waals surface area contributed by atoms with Gasteiger partial charge in [0.25, 0.3) is 0 Å².